The van der Waals surface area contributed by atoms with Crippen LogP contribution in [-0.2, 0) is 4.74 Å². The van der Waals surface area contributed by atoms with Gasteiger partial charge in [0, 0.05) is 21.8 Å². The molecule has 0 aliphatic carbocycles. The number of hydrogen-bond donors (Lipinski definition) is 1. The third kappa shape index (κ3) is 4.53. The van der Waals surface area contributed by atoms with E-state index in [0.29, 0.717) is 38.5 Å². The third-order valence-electron chi connectivity index (χ3n) is 3.73. The van der Waals surface area contributed by atoms with Crippen LogP contribution in [0.5, 0.6) is 0 Å². The molecule has 3 aromatic rings. The van der Waals surface area contributed by atoms with Crippen LogP contribution in [-0.4, -0.2) is 23.5 Å². The lowest BCUT2D eigenvalue weighted by Crippen LogP contribution is -2.11. The number of benzene rings is 2. The Morgan fingerprint density at radius 1 is 1.19 bits per heavy atom. The minimum absolute atomic E-state index is 0.238. The molecule has 0 fully saturated rings. The molecule has 1 heterocycles. The van der Waals surface area contributed by atoms with Crippen LogP contribution in [0.25, 0.3) is 10.6 Å². The molecule has 27 heavy (non-hydrogen) atoms. The Morgan fingerprint density at radius 2 is 1.93 bits per heavy atom. The molecule has 1 amide bonds. The van der Waals surface area contributed by atoms with Crippen LogP contribution in [0.4, 0.5) is 5.69 Å². The topological polar surface area (TPSA) is 68.3 Å². The first-order valence-corrected chi connectivity index (χ1v) is 9.49. The SMILES string of the molecule is CCOC(=O)c1sc(-c2cccc(C(=O)Nc3ccc(Cl)cc3)c2)nc1C. The Labute approximate surface area is 166 Å². The van der Waals surface area contributed by atoms with E-state index in [1.54, 1.807) is 56.3 Å². The van der Waals surface area contributed by atoms with E-state index in [1.165, 1.54) is 11.3 Å². The number of ether oxygens (including phenoxy) is 1. The van der Waals surface area contributed by atoms with Crippen LogP contribution in [0.2, 0.25) is 5.02 Å². The van der Waals surface area contributed by atoms with Crippen LogP contribution in [0.3, 0.4) is 0 Å². The van der Waals surface area contributed by atoms with E-state index in [0.717, 1.165) is 5.56 Å². The summed E-state index contributed by atoms with van der Waals surface area (Å²) in [5.41, 5.74) is 2.53. The summed E-state index contributed by atoms with van der Waals surface area (Å²) in [6.45, 7) is 3.84. The van der Waals surface area contributed by atoms with E-state index < -0.39 is 0 Å². The van der Waals surface area contributed by atoms with Crippen LogP contribution in [0.15, 0.2) is 48.5 Å². The zero-order chi connectivity index (χ0) is 19.4. The zero-order valence-corrected chi connectivity index (χ0v) is 16.4. The molecule has 0 saturated heterocycles. The lowest BCUT2D eigenvalue weighted by molar-refractivity contribution is 0.0531. The van der Waals surface area contributed by atoms with Gasteiger partial charge in [0.1, 0.15) is 9.88 Å². The zero-order valence-electron chi connectivity index (χ0n) is 14.8. The van der Waals surface area contributed by atoms with Crippen LogP contribution < -0.4 is 5.32 Å². The Kier molecular flexibility index (Phi) is 5.88. The molecule has 0 atom stereocenters. The largest absolute Gasteiger partial charge is 0.462 e. The fourth-order valence-corrected chi connectivity index (χ4v) is 3.52. The van der Waals surface area contributed by atoms with Crippen molar-refractivity contribution < 1.29 is 14.3 Å². The number of thiazole rings is 1. The first kappa shape index (κ1) is 19.1. The second-order valence-electron chi connectivity index (χ2n) is 5.70. The van der Waals surface area contributed by atoms with Crippen molar-refractivity contribution in [3.63, 3.8) is 0 Å². The number of anilines is 1. The molecule has 7 heteroatoms. The Balaban J connectivity index is 1.83. The smallest absolute Gasteiger partial charge is 0.350 e. The molecule has 1 aromatic heterocycles. The van der Waals surface area contributed by atoms with Crippen LogP contribution in [0.1, 0.15) is 32.6 Å². The van der Waals surface area contributed by atoms with Gasteiger partial charge in [-0.1, -0.05) is 23.7 Å². The minimum Gasteiger partial charge on any atom is -0.462 e. The van der Waals surface area contributed by atoms with Gasteiger partial charge in [0.05, 0.1) is 12.3 Å². The van der Waals surface area contributed by atoms with E-state index in [4.69, 9.17) is 16.3 Å². The summed E-state index contributed by atoms with van der Waals surface area (Å²) in [4.78, 5) is 29.4. The third-order valence-corrected chi connectivity index (χ3v) is 5.17. The molecule has 3 rings (SSSR count). The summed E-state index contributed by atoms with van der Waals surface area (Å²) in [5.74, 6) is -0.617. The van der Waals surface area contributed by atoms with Crippen molar-refractivity contribution in [2.45, 2.75) is 13.8 Å². The normalized spacial score (nSPS) is 10.5. The van der Waals surface area contributed by atoms with Gasteiger partial charge in [0.25, 0.3) is 5.91 Å². The lowest BCUT2D eigenvalue weighted by Gasteiger charge is -2.06. The maximum Gasteiger partial charge on any atom is 0.350 e. The van der Waals surface area contributed by atoms with Gasteiger partial charge in [-0.2, -0.15) is 0 Å². The maximum atomic E-state index is 12.5. The van der Waals surface area contributed by atoms with Gasteiger partial charge >= 0.3 is 5.97 Å². The highest BCUT2D eigenvalue weighted by Crippen LogP contribution is 2.29. The molecule has 0 bridgehead atoms. The molecule has 0 radical (unpaired) electrons. The second kappa shape index (κ2) is 8.33. The van der Waals surface area contributed by atoms with Crippen LogP contribution in [0, 0.1) is 6.92 Å². The number of esters is 1. The molecule has 5 nitrogen and oxygen atoms in total. The number of nitrogens with one attached hydrogen (secondary N) is 1. The van der Waals surface area contributed by atoms with Gasteiger partial charge in [-0.05, 0) is 50.2 Å². The fraction of sp³-hybridized carbons (Fsp3) is 0.150. The minimum atomic E-state index is -0.379. The van der Waals surface area contributed by atoms with Crippen molar-refractivity contribution in [2.24, 2.45) is 0 Å². The second-order valence-corrected chi connectivity index (χ2v) is 7.13. The summed E-state index contributed by atoms with van der Waals surface area (Å²) in [6.07, 6.45) is 0. The highest BCUT2D eigenvalue weighted by molar-refractivity contribution is 7.17. The average Bonchev–Trinajstić information content (AvgIpc) is 3.06. The fourth-order valence-electron chi connectivity index (χ4n) is 2.44. The summed E-state index contributed by atoms with van der Waals surface area (Å²) < 4.78 is 5.05. The Morgan fingerprint density at radius 3 is 2.63 bits per heavy atom. The molecule has 0 aliphatic heterocycles. The van der Waals surface area contributed by atoms with Gasteiger partial charge in [0.2, 0.25) is 0 Å². The van der Waals surface area contributed by atoms with Crippen molar-refractivity contribution in [1.82, 2.24) is 4.98 Å². The average molecular weight is 401 g/mol. The first-order chi connectivity index (χ1) is 13.0. The van der Waals surface area contributed by atoms with Crippen molar-refractivity contribution in [3.8, 4) is 10.6 Å². The number of nitrogens with zero attached hydrogens (tertiary/aromatic N) is 1. The standard InChI is InChI=1S/C20H17ClN2O3S/c1-3-26-20(25)17-12(2)22-19(27-17)14-6-4-5-13(11-14)18(24)23-16-9-7-15(21)8-10-16/h4-11H,3H2,1-2H3,(H,23,24). The van der Waals surface area contributed by atoms with E-state index >= 15 is 0 Å². The molecule has 0 aliphatic rings. The first-order valence-electron chi connectivity index (χ1n) is 8.30. The highest BCUT2D eigenvalue weighted by atomic mass is 35.5. The predicted octanol–water partition coefficient (Wildman–Crippen LogP) is 5.20. The van der Waals surface area contributed by atoms with Gasteiger partial charge in [-0.3, -0.25) is 4.79 Å². The molecule has 0 unspecified atom stereocenters. The number of aromatic nitrogens is 1. The van der Waals surface area contributed by atoms with E-state index in [2.05, 4.69) is 10.3 Å². The van der Waals surface area contributed by atoms with Crippen LogP contribution >= 0.6 is 22.9 Å². The molecule has 0 saturated carbocycles. The Bertz CT molecular complexity index is 983. The van der Waals surface area contributed by atoms with Crippen molar-refractivity contribution in [2.75, 3.05) is 11.9 Å². The monoisotopic (exact) mass is 400 g/mol. The molecular weight excluding hydrogens is 384 g/mol. The number of carbonyl (C=O) groups is 2. The van der Waals surface area contributed by atoms with Crippen molar-refractivity contribution in [1.29, 1.82) is 0 Å². The van der Waals surface area contributed by atoms with Gasteiger partial charge in [-0.15, -0.1) is 11.3 Å². The van der Waals surface area contributed by atoms with E-state index in [-0.39, 0.29) is 11.9 Å². The summed E-state index contributed by atoms with van der Waals surface area (Å²) in [5, 5.41) is 4.09. The summed E-state index contributed by atoms with van der Waals surface area (Å²) in [6, 6.07) is 14.0. The van der Waals surface area contributed by atoms with Gasteiger partial charge < -0.3 is 10.1 Å². The number of halogens is 1. The molecule has 1 N–H and O–H groups in total. The lowest BCUT2D eigenvalue weighted by atomic mass is 10.1. The number of carbonyl (C=O) groups excluding carboxylic acids is 2. The van der Waals surface area contributed by atoms with E-state index in [9.17, 15) is 9.59 Å². The number of rotatable bonds is 5. The Hall–Kier alpha value is -2.70. The van der Waals surface area contributed by atoms with Crippen molar-refractivity contribution in [3.05, 3.63) is 69.7 Å². The van der Waals surface area contributed by atoms with Crippen molar-refractivity contribution >= 4 is 40.5 Å². The molecule has 2 aromatic carbocycles. The van der Waals surface area contributed by atoms with Gasteiger partial charge in [-0.25, -0.2) is 9.78 Å². The molecule has 138 valence electrons. The molecule has 0 spiro atoms. The number of hydrogen-bond acceptors (Lipinski definition) is 5. The maximum absolute atomic E-state index is 12.5. The predicted molar refractivity (Wildman–Crippen MR) is 108 cm³/mol. The number of aryl methyl sites for hydroxylation is 1. The highest BCUT2D eigenvalue weighted by Gasteiger charge is 2.18. The summed E-state index contributed by atoms with van der Waals surface area (Å²) in [7, 11) is 0. The summed E-state index contributed by atoms with van der Waals surface area (Å²) >= 11 is 7.11. The van der Waals surface area contributed by atoms with Gasteiger partial charge in [0.15, 0.2) is 0 Å². The number of amides is 1. The molecular formula is C20H17ClN2O3S. The quantitative estimate of drug-likeness (QED) is 0.597. The van der Waals surface area contributed by atoms with E-state index in [1.807, 2.05) is 6.07 Å².